The lowest BCUT2D eigenvalue weighted by molar-refractivity contribution is -0.148. The number of carbonyl (C=O) groups is 1. The van der Waals surface area contributed by atoms with Crippen molar-refractivity contribution in [2.75, 3.05) is 13.2 Å². The molecule has 0 rings (SSSR count). The summed E-state index contributed by atoms with van der Waals surface area (Å²) in [5.74, 6) is -0.381. The van der Waals surface area contributed by atoms with E-state index in [-0.39, 0.29) is 0 Å². The third-order valence-corrected chi connectivity index (χ3v) is 1.61. The van der Waals surface area contributed by atoms with Crippen molar-refractivity contribution in [1.29, 1.82) is 0 Å². The zero-order valence-corrected chi connectivity index (χ0v) is 8.76. The molecule has 0 saturated heterocycles. The Hall–Kier alpha value is -0.610. The minimum atomic E-state index is -0.826. The lowest BCUT2D eigenvalue weighted by Crippen LogP contribution is -2.36. The van der Waals surface area contributed by atoms with Gasteiger partial charge in [-0.25, -0.2) is 5.48 Å². The molecule has 0 spiro atoms. The van der Waals surface area contributed by atoms with Gasteiger partial charge in [-0.15, -0.1) is 0 Å². The molecule has 0 aliphatic carbocycles. The Labute approximate surface area is 79.2 Å². The van der Waals surface area contributed by atoms with Gasteiger partial charge in [0.2, 0.25) is 0 Å². The molecule has 4 nitrogen and oxygen atoms in total. The number of hydroxylamine groups is 1. The van der Waals surface area contributed by atoms with Gasteiger partial charge in [-0.3, -0.25) is 4.79 Å². The fourth-order valence-electron chi connectivity index (χ4n) is 0.533. The van der Waals surface area contributed by atoms with E-state index in [1.165, 1.54) is 0 Å². The molecule has 0 aromatic heterocycles. The summed E-state index contributed by atoms with van der Waals surface area (Å²) in [6.07, 6.45) is 0. The van der Waals surface area contributed by atoms with E-state index in [9.17, 15) is 4.79 Å². The monoisotopic (exact) mass is 189 g/mol. The zero-order valence-electron chi connectivity index (χ0n) is 8.76. The molecule has 0 aromatic carbocycles. The molecule has 0 unspecified atom stereocenters. The van der Waals surface area contributed by atoms with E-state index in [2.05, 4.69) is 5.48 Å². The third-order valence-electron chi connectivity index (χ3n) is 1.61. The van der Waals surface area contributed by atoms with Gasteiger partial charge in [0.1, 0.15) is 0 Å². The second-order valence-corrected chi connectivity index (χ2v) is 4.22. The molecular weight excluding hydrogens is 170 g/mol. The van der Waals surface area contributed by atoms with Crippen LogP contribution in [-0.4, -0.2) is 24.2 Å². The summed E-state index contributed by atoms with van der Waals surface area (Å²) in [6, 6.07) is 0. The highest BCUT2D eigenvalue weighted by molar-refractivity contribution is 5.73. The van der Waals surface area contributed by atoms with Crippen LogP contribution in [0.3, 0.4) is 0 Å². The van der Waals surface area contributed by atoms with Gasteiger partial charge in [0.05, 0.1) is 12.0 Å². The second kappa shape index (κ2) is 5.19. The predicted octanol–water partition coefficient (Wildman–Crippen LogP) is 1.27. The van der Waals surface area contributed by atoms with Gasteiger partial charge < -0.3 is 9.94 Å². The highest BCUT2D eigenvalue weighted by atomic mass is 16.6. The van der Waals surface area contributed by atoms with Gasteiger partial charge in [-0.1, -0.05) is 13.8 Å². The second-order valence-electron chi connectivity index (χ2n) is 4.22. The molecule has 0 atom stereocenters. The highest BCUT2D eigenvalue weighted by Gasteiger charge is 2.26. The molecule has 2 N–H and O–H groups in total. The first-order valence-electron chi connectivity index (χ1n) is 4.44. The maximum atomic E-state index is 10.7. The van der Waals surface area contributed by atoms with Gasteiger partial charge in [0, 0.05) is 6.54 Å². The SMILES string of the molecule is CC(C)CONCC(C)(C)C(=O)O. The maximum absolute atomic E-state index is 10.7. The summed E-state index contributed by atoms with van der Waals surface area (Å²) < 4.78 is 0. The first-order chi connectivity index (χ1) is 5.86. The first kappa shape index (κ1) is 12.4. The molecule has 0 bridgehead atoms. The molecule has 0 aromatic rings. The van der Waals surface area contributed by atoms with Crippen LogP contribution < -0.4 is 5.48 Å². The van der Waals surface area contributed by atoms with Gasteiger partial charge in [0.15, 0.2) is 0 Å². The van der Waals surface area contributed by atoms with Crippen LogP contribution in [0.5, 0.6) is 0 Å². The van der Waals surface area contributed by atoms with Crippen molar-refractivity contribution in [3.05, 3.63) is 0 Å². The van der Waals surface area contributed by atoms with E-state index in [1.807, 2.05) is 13.8 Å². The smallest absolute Gasteiger partial charge is 0.310 e. The Kier molecular flexibility index (Phi) is 4.95. The molecule has 0 amide bonds. The van der Waals surface area contributed by atoms with E-state index in [0.29, 0.717) is 19.1 Å². The van der Waals surface area contributed by atoms with Crippen LogP contribution in [0.2, 0.25) is 0 Å². The van der Waals surface area contributed by atoms with Crippen LogP contribution in [-0.2, 0) is 9.63 Å². The summed E-state index contributed by atoms with van der Waals surface area (Å²) in [4.78, 5) is 15.7. The van der Waals surface area contributed by atoms with Gasteiger partial charge in [-0.05, 0) is 19.8 Å². The summed E-state index contributed by atoms with van der Waals surface area (Å²) in [5, 5.41) is 8.75. The molecule has 0 heterocycles. The van der Waals surface area contributed by atoms with Crippen molar-refractivity contribution in [3.8, 4) is 0 Å². The minimum Gasteiger partial charge on any atom is -0.481 e. The van der Waals surface area contributed by atoms with Crippen molar-refractivity contribution < 1.29 is 14.7 Å². The summed E-state index contributed by atoms with van der Waals surface area (Å²) in [5.41, 5.74) is 1.88. The van der Waals surface area contributed by atoms with Gasteiger partial charge >= 0.3 is 5.97 Å². The molecule has 0 radical (unpaired) electrons. The first-order valence-corrected chi connectivity index (χ1v) is 4.44. The summed E-state index contributed by atoms with van der Waals surface area (Å²) in [6.45, 7) is 8.28. The van der Waals surface area contributed by atoms with Crippen LogP contribution in [0.25, 0.3) is 0 Å². The highest BCUT2D eigenvalue weighted by Crippen LogP contribution is 2.12. The van der Waals surface area contributed by atoms with Crippen molar-refractivity contribution >= 4 is 5.97 Å². The summed E-state index contributed by atoms with van der Waals surface area (Å²) >= 11 is 0. The Morgan fingerprint density at radius 3 is 2.46 bits per heavy atom. The Morgan fingerprint density at radius 1 is 1.54 bits per heavy atom. The van der Waals surface area contributed by atoms with Crippen LogP contribution >= 0.6 is 0 Å². The van der Waals surface area contributed by atoms with Crippen LogP contribution in [0.4, 0.5) is 0 Å². The molecule has 13 heavy (non-hydrogen) atoms. The number of rotatable bonds is 6. The zero-order chi connectivity index (χ0) is 10.5. The largest absolute Gasteiger partial charge is 0.481 e. The van der Waals surface area contributed by atoms with Crippen molar-refractivity contribution in [1.82, 2.24) is 5.48 Å². The van der Waals surface area contributed by atoms with E-state index in [4.69, 9.17) is 9.94 Å². The molecule has 0 aliphatic rings. The number of hydrogen-bond acceptors (Lipinski definition) is 3. The van der Waals surface area contributed by atoms with E-state index in [1.54, 1.807) is 13.8 Å². The number of aliphatic carboxylic acids is 1. The number of nitrogens with one attached hydrogen (secondary N) is 1. The molecule has 4 heteroatoms. The van der Waals surface area contributed by atoms with E-state index in [0.717, 1.165) is 0 Å². The lowest BCUT2D eigenvalue weighted by Gasteiger charge is -2.19. The molecule has 0 aliphatic heterocycles. The number of carboxylic acids is 1. The Balaban J connectivity index is 3.58. The Bertz CT molecular complexity index is 166. The molecule has 0 saturated carbocycles. The number of hydrogen-bond donors (Lipinski definition) is 2. The van der Waals surface area contributed by atoms with E-state index < -0.39 is 11.4 Å². The normalized spacial score (nSPS) is 12.1. The lowest BCUT2D eigenvalue weighted by atomic mass is 9.94. The van der Waals surface area contributed by atoms with Crippen LogP contribution in [0, 0.1) is 11.3 Å². The van der Waals surface area contributed by atoms with Crippen molar-refractivity contribution in [3.63, 3.8) is 0 Å². The average molecular weight is 189 g/mol. The summed E-state index contributed by atoms with van der Waals surface area (Å²) in [7, 11) is 0. The van der Waals surface area contributed by atoms with Crippen molar-refractivity contribution in [2.24, 2.45) is 11.3 Å². The van der Waals surface area contributed by atoms with Crippen LogP contribution in [0.1, 0.15) is 27.7 Å². The Morgan fingerprint density at radius 2 is 2.08 bits per heavy atom. The molecule has 78 valence electrons. The minimum absolute atomic E-state index is 0.315. The standard InChI is InChI=1S/C9H19NO3/c1-7(2)5-13-10-6-9(3,4)8(11)12/h7,10H,5-6H2,1-4H3,(H,11,12). The fraction of sp³-hybridized carbons (Fsp3) is 0.889. The van der Waals surface area contributed by atoms with Gasteiger partial charge in [-0.2, -0.15) is 0 Å². The predicted molar refractivity (Wildman–Crippen MR) is 50.2 cm³/mol. The third kappa shape index (κ3) is 5.60. The quantitative estimate of drug-likeness (QED) is 0.488. The topological polar surface area (TPSA) is 58.6 Å². The van der Waals surface area contributed by atoms with Crippen molar-refractivity contribution in [2.45, 2.75) is 27.7 Å². The van der Waals surface area contributed by atoms with Gasteiger partial charge in [0.25, 0.3) is 0 Å². The molecular formula is C9H19NO3. The average Bonchev–Trinajstić information content (AvgIpc) is 1.97. The molecule has 0 fully saturated rings. The van der Waals surface area contributed by atoms with E-state index >= 15 is 0 Å². The fourth-order valence-corrected chi connectivity index (χ4v) is 0.533. The number of carboxylic acid groups (broad SMARTS) is 1. The maximum Gasteiger partial charge on any atom is 0.310 e. The van der Waals surface area contributed by atoms with Crippen LogP contribution in [0.15, 0.2) is 0 Å².